The van der Waals surface area contributed by atoms with Gasteiger partial charge in [0.05, 0.1) is 5.56 Å². The lowest BCUT2D eigenvalue weighted by atomic mass is 9.94. The topological polar surface area (TPSA) is 54.4 Å². The van der Waals surface area contributed by atoms with Crippen molar-refractivity contribution >= 4 is 12.3 Å². The molecule has 0 atom stereocenters. The molecule has 1 N–H and O–H groups in total. The van der Waals surface area contributed by atoms with Gasteiger partial charge in [-0.3, -0.25) is 4.79 Å². The predicted molar refractivity (Wildman–Crippen MR) is 69.0 cm³/mol. The van der Waals surface area contributed by atoms with Crippen molar-refractivity contribution in [1.29, 1.82) is 0 Å². The van der Waals surface area contributed by atoms with E-state index in [1.807, 2.05) is 13.0 Å². The minimum absolute atomic E-state index is 0.272. The quantitative estimate of drug-likeness (QED) is 0.838. The number of hydrogen-bond donors (Lipinski definition) is 1. The predicted octanol–water partition coefficient (Wildman–Crippen LogP) is 3.17. The van der Waals surface area contributed by atoms with Gasteiger partial charge in [-0.05, 0) is 29.7 Å². The molecule has 2 aromatic rings. The molecule has 3 nitrogen and oxygen atoms in total. The van der Waals surface area contributed by atoms with Crippen LogP contribution in [0.3, 0.4) is 0 Å². The second kappa shape index (κ2) is 4.84. The molecule has 18 heavy (non-hydrogen) atoms. The summed E-state index contributed by atoms with van der Waals surface area (Å²) in [4.78, 5) is 21.8. The van der Waals surface area contributed by atoms with Crippen molar-refractivity contribution in [1.82, 2.24) is 0 Å². The molecule has 0 amide bonds. The monoisotopic (exact) mass is 240 g/mol. The molecule has 0 aliphatic rings. The molecule has 0 bridgehead atoms. The largest absolute Gasteiger partial charge is 0.478 e. The molecule has 0 fully saturated rings. The van der Waals surface area contributed by atoms with Gasteiger partial charge in [0, 0.05) is 5.56 Å². The number of carboxylic acid groups (broad SMARTS) is 1. The van der Waals surface area contributed by atoms with E-state index >= 15 is 0 Å². The summed E-state index contributed by atoms with van der Waals surface area (Å²) in [5, 5.41) is 9.20. The maximum absolute atomic E-state index is 11.2. The highest BCUT2D eigenvalue weighted by molar-refractivity contribution is 5.97. The Morgan fingerprint density at radius 1 is 1.11 bits per heavy atom. The van der Waals surface area contributed by atoms with Gasteiger partial charge in [-0.15, -0.1) is 0 Å². The number of aryl methyl sites for hydroxylation is 1. The van der Waals surface area contributed by atoms with E-state index in [1.165, 1.54) is 0 Å². The number of carbonyl (C=O) groups is 2. The first-order valence-corrected chi connectivity index (χ1v) is 5.52. The van der Waals surface area contributed by atoms with Crippen molar-refractivity contribution in [3.63, 3.8) is 0 Å². The van der Waals surface area contributed by atoms with Crippen molar-refractivity contribution < 1.29 is 14.7 Å². The Morgan fingerprint density at radius 3 is 2.33 bits per heavy atom. The smallest absolute Gasteiger partial charge is 0.336 e. The number of benzene rings is 2. The number of rotatable bonds is 3. The molecule has 0 saturated heterocycles. The van der Waals surface area contributed by atoms with Crippen molar-refractivity contribution in [3.8, 4) is 11.1 Å². The van der Waals surface area contributed by atoms with Crippen LogP contribution in [0, 0.1) is 6.92 Å². The summed E-state index contributed by atoms with van der Waals surface area (Å²) < 4.78 is 0. The molecular weight excluding hydrogens is 228 g/mol. The molecular formula is C15H12O3. The van der Waals surface area contributed by atoms with Crippen LogP contribution in [0.2, 0.25) is 0 Å². The molecule has 0 radical (unpaired) electrons. The van der Waals surface area contributed by atoms with Gasteiger partial charge in [0.25, 0.3) is 0 Å². The number of aromatic carboxylic acids is 1. The lowest BCUT2D eigenvalue weighted by molar-refractivity contribution is 0.0697. The van der Waals surface area contributed by atoms with Crippen LogP contribution in [0.4, 0.5) is 0 Å². The summed E-state index contributed by atoms with van der Waals surface area (Å²) in [6, 6.07) is 12.1. The summed E-state index contributed by atoms with van der Waals surface area (Å²) in [6.45, 7) is 1.87. The van der Waals surface area contributed by atoms with E-state index in [0.29, 0.717) is 11.1 Å². The Bertz CT molecular complexity index is 598. The first kappa shape index (κ1) is 12.0. The normalized spacial score (nSPS) is 10.1. The zero-order valence-electron chi connectivity index (χ0n) is 9.88. The summed E-state index contributed by atoms with van der Waals surface area (Å²) in [5.41, 5.74) is 3.24. The Morgan fingerprint density at radius 2 is 1.78 bits per heavy atom. The van der Waals surface area contributed by atoms with E-state index < -0.39 is 5.97 Å². The zero-order chi connectivity index (χ0) is 13.1. The van der Waals surface area contributed by atoms with Gasteiger partial charge < -0.3 is 5.11 Å². The van der Waals surface area contributed by atoms with Gasteiger partial charge in [0.1, 0.15) is 6.29 Å². The standard InChI is InChI=1S/C15H12O3/c1-10-3-2-4-13(15(17)18)14(10)12-7-5-11(9-16)6-8-12/h2-9H,1H3,(H,17,18). The molecule has 3 heteroatoms. The van der Waals surface area contributed by atoms with Crippen LogP contribution < -0.4 is 0 Å². The molecule has 0 unspecified atom stereocenters. The fraction of sp³-hybridized carbons (Fsp3) is 0.0667. The minimum atomic E-state index is -0.951. The molecule has 0 aliphatic carbocycles. The summed E-state index contributed by atoms with van der Waals surface area (Å²) in [5.74, 6) is -0.951. The number of carboxylic acids is 1. The van der Waals surface area contributed by atoms with Crippen LogP contribution in [0.25, 0.3) is 11.1 Å². The Balaban J connectivity index is 2.61. The van der Waals surface area contributed by atoms with E-state index in [4.69, 9.17) is 0 Å². The average molecular weight is 240 g/mol. The molecule has 2 rings (SSSR count). The summed E-state index contributed by atoms with van der Waals surface area (Å²) in [6.07, 6.45) is 0.764. The summed E-state index contributed by atoms with van der Waals surface area (Å²) >= 11 is 0. The number of aldehydes is 1. The maximum Gasteiger partial charge on any atom is 0.336 e. The highest BCUT2D eigenvalue weighted by Gasteiger charge is 2.13. The third-order valence-corrected chi connectivity index (χ3v) is 2.84. The Labute approximate surface area is 105 Å². The van der Waals surface area contributed by atoms with Crippen molar-refractivity contribution in [2.45, 2.75) is 6.92 Å². The van der Waals surface area contributed by atoms with E-state index in [-0.39, 0.29) is 5.56 Å². The number of hydrogen-bond acceptors (Lipinski definition) is 2. The highest BCUT2D eigenvalue weighted by Crippen LogP contribution is 2.27. The maximum atomic E-state index is 11.2. The lowest BCUT2D eigenvalue weighted by Crippen LogP contribution is -2.01. The van der Waals surface area contributed by atoms with E-state index in [0.717, 1.165) is 17.4 Å². The SMILES string of the molecule is Cc1cccc(C(=O)O)c1-c1ccc(C=O)cc1. The molecule has 0 spiro atoms. The number of carbonyl (C=O) groups excluding carboxylic acids is 1. The second-order valence-corrected chi connectivity index (χ2v) is 4.04. The molecule has 0 saturated carbocycles. The van der Waals surface area contributed by atoms with E-state index in [2.05, 4.69) is 0 Å². The molecule has 90 valence electrons. The molecule has 2 aromatic carbocycles. The first-order chi connectivity index (χ1) is 8.63. The second-order valence-electron chi connectivity index (χ2n) is 4.04. The Hall–Kier alpha value is -2.42. The van der Waals surface area contributed by atoms with Gasteiger partial charge in [0.15, 0.2) is 0 Å². The molecule has 0 aliphatic heterocycles. The van der Waals surface area contributed by atoms with Crippen LogP contribution in [0.1, 0.15) is 26.3 Å². The Kier molecular flexibility index (Phi) is 3.24. The van der Waals surface area contributed by atoms with Crippen LogP contribution in [-0.2, 0) is 0 Å². The highest BCUT2D eigenvalue weighted by atomic mass is 16.4. The third-order valence-electron chi connectivity index (χ3n) is 2.84. The molecule has 0 heterocycles. The van der Waals surface area contributed by atoms with Gasteiger partial charge in [-0.25, -0.2) is 4.79 Å². The van der Waals surface area contributed by atoms with Crippen molar-refractivity contribution in [2.24, 2.45) is 0 Å². The molecule has 0 aromatic heterocycles. The summed E-state index contributed by atoms with van der Waals surface area (Å²) in [7, 11) is 0. The van der Waals surface area contributed by atoms with Crippen LogP contribution in [0.5, 0.6) is 0 Å². The van der Waals surface area contributed by atoms with Gasteiger partial charge in [-0.2, -0.15) is 0 Å². The fourth-order valence-corrected chi connectivity index (χ4v) is 1.96. The van der Waals surface area contributed by atoms with Gasteiger partial charge in [0.2, 0.25) is 0 Å². The van der Waals surface area contributed by atoms with Crippen molar-refractivity contribution in [2.75, 3.05) is 0 Å². The van der Waals surface area contributed by atoms with Crippen LogP contribution in [0.15, 0.2) is 42.5 Å². The third kappa shape index (κ3) is 2.15. The van der Waals surface area contributed by atoms with E-state index in [1.54, 1.807) is 36.4 Å². The average Bonchev–Trinajstić information content (AvgIpc) is 2.38. The van der Waals surface area contributed by atoms with E-state index in [9.17, 15) is 14.7 Å². The van der Waals surface area contributed by atoms with Gasteiger partial charge in [-0.1, -0.05) is 36.4 Å². The minimum Gasteiger partial charge on any atom is -0.478 e. The lowest BCUT2D eigenvalue weighted by Gasteiger charge is -2.10. The van der Waals surface area contributed by atoms with Crippen LogP contribution in [-0.4, -0.2) is 17.4 Å². The first-order valence-electron chi connectivity index (χ1n) is 5.52. The van der Waals surface area contributed by atoms with Crippen molar-refractivity contribution in [3.05, 3.63) is 59.2 Å². The zero-order valence-corrected chi connectivity index (χ0v) is 9.88. The van der Waals surface area contributed by atoms with Gasteiger partial charge >= 0.3 is 5.97 Å². The fourth-order valence-electron chi connectivity index (χ4n) is 1.96. The van der Waals surface area contributed by atoms with Crippen LogP contribution >= 0.6 is 0 Å².